The summed E-state index contributed by atoms with van der Waals surface area (Å²) in [6.45, 7) is 0.484. The fourth-order valence-corrected chi connectivity index (χ4v) is 3.02. The Kier molecular flexibility index (Phi) is 5.62. The van der Waals surface area contributed by atoms with Crippen molar-refractivity contribution in [1.82, 2.24) is 10.6 Å². The first kappa shape index (κ1) is 18.3. The Morgan fingerprint density at radius 2 is 1.74 bits per heavy atom. The molecule has 3 rings (SSSR count). The second kappa shape index (κ2) is 8.28. The van der Waals surface area contributed by atoms with Gasteiger partial charge in [0.25, 0.3) is 17.5 Å². The van der Waals surface area contributed by atoms with Gasteiger partial charge in [-0.2, -0.15) is 0 Å². The van der Waals surface area contributed by atoms with Crippen molar-refractivity contribution in [3.05, 3.63) is 74.7 Å². The number of para-hydroxylation sites is 1. The van der Waals surface area contributed by atoms with Crippen molar-refractivity contribution < 1.29 is 18.9 Å². The van der Waals surface area contributed by atoms with Crippen molar-refractivity contribution in [3.63, 3.8) is 0 Å². The van der Waals surface area contributed by atoms with Crippen LogP contribution in [0.3, 0.4) is 0 Å². The Hall–Kier alpha value is -3.46. The van der Waals surface area contributed by atoms with Gasteiger partial charge in [0.1, 0.15) is 5.76 Å². The summed E-state index contributed by atoms with van der Waals surface area (Å²) in [5, 5.41) is 18.2. The molecule has 2 N–H and O–H groups in total. The summed E-state index contributed by atoms with van der Waals surface area (Å²) in [6.07, 6.45) is 0. The van der Waals surface area contributed by atoms with Crippen LogP contribution in [0.5, 0.6) is 0 Å². The largest absolute Gasteiger partial charge is 0.451 e. The van der Waals surface area contributed by atoms with Crippen LogP contribution in [0.25, 0.3) is 11.3 Å². The highest BCUT2D eigenvalue weighted by atomic mass is 32.1. The molecule has 0 aliphatic heterocycles. The topological polar surface area (TPSA) is 114 Å². The molecule has 0 atom stereocenters. The maximum Gasteiger partial charge on any atom is 0.287 e. The Morgan fingerprint density at radius 3 is 2.44 bits per heavy atom. The lowest BCUT2D eigenvalue weighted by Crippen LogP contribution is -2.34. The van der Waals surface area contributed by atoms with E-state index >= 15 is 0 Å². The van der Waals surface area contributed by atoms with E-state index in [4.69, 9.17) is 4.42 Å². The van der Waals surface area contributed by atoms with Gasteiger partial charge in [-0.25, -0.2) is 0 Å². The molecule has 0 spiro atoms. The summed E-state index contributed by atoms with van der Waals surface area (Å²) in [5.74, 6) is -0.396. The molecule has 0 saturated heterocycles. The van der Waals surface area contributed by atoms with E-state index < -0.39 is 10.8 Å². The highest BCUT2D eigenvalue weighted by Gasteiger charge is 2.19. The number of nitrogens with one attached hydrogen (secondary N) is 2. The van der Waals surface area contributed by atoms with Crippen molar-refractivity contribution in [2.24, 2.45) is 0 Å². The Balaban J connectivity index is 1.56. The van der Waals surface area contributed by atoms with Gasteiger partial charge in [0.15, 0.2) is 5.76 Å². The SMILES string of the molecule is O=C(NCCNC(=O)c1cccs1)c1ccc(-c2ccccc2[N+](=O)[O-])o1. The van der Waals surface area contributed by atoms with Crippen LogP contribution in [0.4, 0.5) is 5.69 Å². The van der Waals surface area contributed by atoms with Crippen molar-refractivity contribution >= 4 is 28.8 Å². The number of carbonyl (C=O) groups is 2. The quantitative estimate of drug-likeness (QED) is 0.368. The fourth-order valence-electron chi connectivity index (χ4n) is 2.38. The molecule has 2 aromatic heterocycles. The van der Waals surface area contributed by atoms with Crippen LogP contribution < -0.4 is 10.6 Å². The van der Waals surface area contributed by atoms with Gasteiger partial charge < -0.3 is 15.1 Å². The predicted molar refractivity (Wildman–Crippen MR) is 99.8 cm³/mol. The first-order valence-electron chi connectivity index (χ1n) is 8.00. The molecule has 3 aromatic rings. The minimum atomic E-state index is -0.506. The number of thiophene rings is 1. The predicted octanol–water partition coefficient (Wildman–Crippen LogP) is 3.08. The molecule has 0 unspecified atom stereocenters. The molecule has 0 radical (unpaired) electrons. The van der Waals surface area contributed by atoms with Gasteiger partial charge >= 0.3 is 0 Å². The third-order valence-corrected chi connectivity index (χ3v) is 4.51. The highest BCUT2D eigenvalue weighted by molar-refractivity contribution is 7.12. The number of benzene rings is 1. The number of nitro benzene ring substituents is 1. The van der Waals surface area contributed by atoms with E-state index in [2.05, 4.69) is 10.6 Å². The van der Waals surface area contributed by atoms with E-state index in [0.29, 0.717) is 10.4 Å². The molecule has 0 aliphatic rings. The molecule has 0 saturated carbocycles. The van der Waals surface area contributed by atoms with Crippen LogP contribution in [0.15, 0.2) is 58.3 Å². The van der Waals surface area contributed by atoms with E-state index in [0.717, 1.165) is 0 Å². The lowest BCUT2D eigenvalue weighted by Gasteiger charge is -2.05. The fraction of sp³-hybridized carbons (Fsp3) is 0.111. The summed E-state index contributed by atoms with van der Waals surface area (Å²) in [4.78, 5) is 35.1. The van der Waals surface area contributed by atoms with Crippen molar-refractivity contribution in [1.29, 1.82) is 0 Å². The highest BCUT2D eigenvalue weighted by Crippen LogP contribution is 2.30. The van der Waals surface area contributed by atoms with Gasteiger partial charge in [0.2, 0.25) is 0 Å². The minimum absolute atomic E-state index is 0.0349. The van der Waals surface area contributed by atoms with Crippen molar-refractivity contribution in [2.45, 2.75) is 0 Å². The number of nitrogens with zero attached hydrogens (tertiary/aromatic N) is 1. The number of rotatable bonds is 7. The molecule has 27 heavy (non-hydrogen) atoms. The van der Waals surface area contributed by atoms with Gasteiger partial charge in [-0.1, -0.05) is 18.2 Å². The molecular formula is C18H15N3O5S. The van der Waals surface area contributed by atoms with Crippen LogP contribution in [-0.2, 0) is 0 Å². The van der Waals surface area contributed by atoms with E-state index in [1.54, 1.807) is 30.3 Å². The molecule has 0 aliphatic carbocycles. The molecule has 0 bridgehead atoms. The second-order valence-electron chi connectivity index (χ2n) is 5.43. The smallest absolute Gasteiger partial charge is 0.287 e. The summed E-state index contributed by atoms with van der Waals surface area (Å²) < 4.78 is 5.46. The van der Waals surface area contributed by atoms with E-state index in [9.17, 15) is 19.7 Å². The van der Waals surface area contributed by atoms with Gasteiger partial charge in [0, 0.05) is 19.2 Å². The number of nitro groups is 1. The number of carbonyl (C=O) groups excluding carboxylic acids is 2. The zero-order chi connectivity index (χ0) is 19.2. The Bertz CT molecular complexity index is 965. The number of furan rings is 1. The summed E-state index contributed by atoms with van der Waals surface area (Å²) in [6, 6.07) is 12.6. The number of hydrogen-bond acceptors (Lipinski definition) is 6. The first-order valence-corrected chi connectivity index (χ1v) is 8.88. The molecule has 1 aromatic carbocycles. The zero-order valence-corrected chi connectivity index (χ0v) is 14.8. The zero-order valence-electron chi connectivity index (χ0n) is 14.0. The van der Waals surface area contributed by atoms with Gasteiger partial charge in [-0.15, -0.1) is 11.3 Å². The third-order valence-electron chi connectivity index (χ3n) is 3.64. The Labute approximate surface area is 158 Å². The second-order valence-corrected chi connectivity index (χ2v) is 6.37. The normalized spacial score (nSPS) is 10.4. The van der Waals surface area contributed by atoms with E-state index in [-0.39, 0.29) is 36.2 Å². The van der Waals surface area contributed by atoms with Crippen molar-refractivity contribution in [3.8, 4) is 11.3 Å². The molecule has 2 heterocycles. The average molecular weight is 385 g/mol. The molecular weight excluding hydrogens is 370 g/mol. The van der Waals surface area contributed by atoms with Crippen LogP contribution in [0, 0.1) is 10.1 Å². The lowest BCUT2D eigenvalue weighted by molar-refractivity contribution is -0.384. The lowest BCUT2D eigenvalue weighted by atomic mass is 10.1. The third kappa shape index (κ3) is 4.39. The van der Waals surface area contributed by atoms with Crippen LogP contribution >= 0.6 is 11.3 Å². The Morgan fingerprint density at radius 1 is 1.00 bits per heavy atom. The molecule has 0 fully saturated rings. The van der Waals surface area contributed by atoms with Gasteiger partial charge in [-0.3, -0.25) is 19.7 Å². The molecule has 9 heteroatoms. The van der Waals surface area contributed by atoms with E-state index in [1.807, 2.05) is 5.38 Å². The van der Waals surface area contributed by atoms with Crippen LogP contribution in [-0.4, -0.2) is 29.8 Å². The maximum atomic E-state index is 12.1. The summed E-state index contributed by atoms with van der Waals surface area (Å²) in [7, 11) is 0. The summed E-state index contributed by atoms with van der Waals surface area (Å²) in [5.41, 5.74) is 0.194. The average Bonchev–Trinajstić information content (AvgIpc) is 3.37. The van der Waals surface area contributed by atoms with Crippen LogP contribution in [0.2, 0.25) is 0 Å². The molecule has 138 valence electrons. The molecule has 2 amide bonds. The molecule has 8 nitrogen and oxygen atoms in total. The summed E-state index contributed by atoms with van der Waals surface area (Å²) >= 11 is 1.33. The standard InChI is InChI=1S/C18H15N3O5S/c22-17(19-9-10-20-18(23)16-6-3-11-27-16)15-8-7-14(26-15)12-4-1-2-5-13(12)21(24)25/h1-8,11H,9-10H2,(H,19,22)(H,20,23). The monoisotopic (exact) mass is 385 g/mol. The van der Waals surface area contributed by atoms with Gasteiger partial charge in [-0.05, 0) is 29.6 Å². The van der Waals surface area contributed by atoms with E-state index in [1.165, 1.54) is 29.5 Å². The van der Waals surface area contributed by atoms with Gasteiger partial charge in [0.05, 0.1) is 15.4 Å². The number of hydrogen-bond donors (Lipinski definition) is 2. The van der Waals surface area contributed by atoms with Crippen molar-refractivity contribution in [2.75, 3.05) is 13.1 Å². The maximum absolute atomic E-state index is 12.1. The van der Waals surface area contributed by atoms with Crippen LogP contribution in [0.1, 0.15) is 20.2 Å². The minimum Gasteiger partial charge on any atom is -0.451 e. The number of amides is 2. The first-order chi connectivity index (χ1) is 13.1.